The first-order valence-corrected chi connectivity index (χ1v) is 6.07. The molecule has 2 aromatic heterocycles. The smallest absolute Gasteiger partial charge is 0.0934 e. The van der Waals surface area contributed by atoms with Crippen molar-refractivity contribution in [2.45, 2.75) is 13.1 Å². The third-order valence-electron chi connectivity index (χ3n) is 2.40. The van der Waals surface area contributed by atoms with E-state index in [-0.39, 0.29) is 0 Å². The zero-order chi connectivity index (χ0) is 11.4. The lowest BCUT2D eigenvalue weighted by atomic mass is 10.2. The maximum atomic E-state index is 5.69. The fraction of sp³-hybridized carbons (Fsp3) is 0.364. The molecule has 2 heterocycles. The Kier molecular flexibility index (Phi) is 3.71. The molecule has 0 aliphatic heterocycles. The molecule has 2 aromatic rings. The Labute approximate surface area is 98.6 Å². The van der Waals surface area contributed by atoms with Crippen LogP contribution in [0.4, 0.5) is 0 Å². The number of aromatic nitrogens is 2. The second kappa shape index (κ2) is 5.25. The monoisotopic (exact) mass is 237 g/mol. The van der Waals surface area contributed by atoms with Crippen molar-refractivity contribution in [1.82, 2.24) is 9.78 Å². The van der Waals surface area contributed by atoms with Crippen LogP contribution in [0.5, 0.6) is 0 Å². The Hall–Kier alpha value is -1.17. The first kappa shape index (κ1) is 11.3. The standard InChI is InChI=1S/C11H15N3OS/c1-15-4-3-14-10(7-12)6-11(13-14)9-2-5-16-8-9/h2,5-6,8H,3-4,7,12H2,1H3. The van der Waals surface area contributed by atoms with Gasteiger partial charge in [-0.05, 0) is 17.5 Å². The average molecular weight is 237 g/mol. The molecule has 4 nitrogen and oxygen atoms in total. The number of rotatable bonds is 5. The number of hydrogen-bond acceptors (Lipinski definition) is 4. The molecule has 0 spiro atoms. The minimum Gasteiger partial charge on any atom is -0.383 e. The van der Waals surface area contributed by atoms with Crippen LogP contribution in [-0.2, 0) is 17.8 Å². The van der Waals surface area contributed by atoms with Crippen molar-refractivity contribution in [2.24, 2.45) is 5.73 Å². The molecule has 0 bridgehead atoms. The summed E-state index contributed by atoms with van der Waals surface area (Å²) in [4.78, 5) is 0. The van der Waals surface area contributed by atoms with Crippen LogP contribution in [0, 0.1) is 0 Å². The van der Waals surface area contributed by atoms with Gasteiger partial charge in [-0.2, -0.15) is 16.4 Å². The van der Waals surface area contributed by atoms with Crippen LogP contribution in [0.25, 0.3) is 11.3 Å². The van der Waals surface area contributed by atoms with E-state index in [0.717, 1.165) is 23.5 Å². The highest BCUT2D eigenvalue weighted by Gasteiger charge is 2.08. The summed E-state index contributed by atoms with van der Waals surface area (Å²) in [6, 6.07) is 4.10. The Morgan fingerprint density at radius 2 is 2.44 bits per heavy atom. The first-order valence-electron chi connectivity index (χ1n) is 5.13. The molecule has 16 heavy (non-hydrogen) atoms. The van der Waals surface area contributed by atoms with Gasteiger partial charge in [-0.15, -0.1) is 0 Å². The topological polar surface area (TPSA) is 53.1 Å². The Morgan fingerprint density at radius 3 is 3.06 bits per heavy atom. The Balaban J connectivity index is 2.25. The molecule has 5 heteroatoms. The van der Waals surface area contributed by atoms with Crippen molar-refractivity contribution < 1.29 is 4.74 Å². The highest BCUT2D eigenvalue weighted by molar-refractivity contribution is 7.08. The zero-order valence-electron chi connectivity index (χ0n) is 9.22. The van der Waals surface area contributed by atoms with Crippen LogP contribution >= 0.6 is 11.3 Å². The van der Waals surface area contributed by atoms with E-state index in [1.165, 1.54) is 0 Å². The van der Waals surface area contributed by atoms with Gasteiger partial charge in [0.25, 0.3) is 0 Å². The molecule has 0 unspecified atom stereocenters. The van der Waals surface area contributed by atoms with E-state index in [1.807, 2.05) is 16.1 Å². The van der Waals surface area contributed by atoms with E-state index in [0.29, 0.717) is 13.2 Å². The summed E-state index contributed by atoms with van der Waals surface area (Å²) >= 11 is 1.67. The molecule has 0 aromatic carbocycles. The van der Waals surface area contributed by atoms with Crippen LogP contribution in [0.15, 0.2) is 22.9 Å². The van der Waals surface area contributed by atoms with Crippen LogP contribution < -0.4 is 5.73 Å². The number of nitrogens with two attached hydrogens (primary N) is 1. The highest BCUT2D eigenvalue weighted by atomic mass is 32.1. The lowest BCUT2D eigenvalue weighted by Crippen LogP contribution is -2.12. The Bertz CT molecular complexity index is 436. The first-order chi connectivity index (χ1) is 7.85. The van der Waals surface area contributed by atoms with Crippen LogP contribution in [-0.4, -0.2) is 23.5 Å². The van der Waals surface area contributed by atoms with Crippen molar-refractivity contribution in [3.63, 3.8) is 0 Å². The third-order valence-corrected chi connectivity index (χ3v) is 3.08. The van der Waals surface area contributed by atoms with E-state index in [1.54, 1.807) is 18.4 Å². The summed E-state index contributed by atoms with van der Waals surface area (Å²) in [5.74, 6) is 0. The largest absolute Gasteiger partial charge is 0.383 e. The van der Waals surface area contributed by atoms with E-state index >= 15 is 0 Å². The third kappa shape index (κ3) is 2.32. The fourth-order valence-electron chi connectivity index (χ4n) is 1.54. The normalized spacial score (nSPS) is 10.9. The number of ether oxygens (including phenoxy) is 1. The predicted molar refractivity (Wildman–Crippen MR) is 65.3 cm³/mol. The van der Waals surface area contributed by atoms with Gasteiger partial charge < -0.3 is 10.5 Å². The fourth-order valence-corrected chi connectivity index (χ4v) is 2.19. The second-order valence-corrected chi connectivity index (χ2v) is 4.23. The van der Waals surface area contributed by atoms with Gasteiger partial charge >= 0.3 is 0 Å². The molecular formula is C11H15N3OS. The quantitative estimate of drug-likeness (QED) is 0.861. The molecule has 0 saturated carbocycles. The SMILES string of the molecule is COCCn1nc(-c2ccsc2)cc1CN. The zero-order valence-corrected chi connectivity index (χ0v) is 10.0. The van der Waals surface area contributed by atoms with Crippen molar-refractivity contribution in [3.8, 4) is 11.3 Å². The molecule has 2 N–H and O–H groups in total. The van der Waals surface area contributed by atoms with Gasteiger partial charge in [0.1, 0.15) is 0 Å². The number of hydrogen-bond donors (Lipinski definition) is 1. The minimum absolute atomic E-state index is 0.501. The summed E-state index contributed by atoms with van der Waals surface area (Å²) in [5.41, 5.74) is 8.86. The number of thiophene rings is 1. The van der Waals surface area contributed by atoms with E-state index in [4.69, 9.17) is 10.5 Å². The van der Waals surface area contributed by atoms with E-state index < -0.39 is 0 Å². The van der Waals surface area contributed by atoms with Gasteiger partial charge in [0.15, 0.2) is 0 Å². The summed E-state index contributed by atoms with van der Waals surface area (Å²) in [6.45, 7) is 1.89. The van der Waals surface area contributed by atoms with Gasteiger partial charge in [-0.3, -0.25) is 4.68 Å². The minimum atomic E-state index is 0.501. The van der Waals surface area contributed by atoms with Crippen molar-refractivity contribution in [1.29, 1.82) is 0 Å². The van der Waals surface area contributed by atoms with Gasteiger partial charge in [0, 0.05) is 24.6 Å². The molecular weight excluding hydrogens is 222 g/mol. The van der Waals surface area contributed by atoms with Crippen molar-refractivity contribution in [3.05, 3.63) is 28.6 Å². The summed E-state index contributed by atoms with van der Waals surface area (Å²) < 4.78 is 6.96. The summed E-state index contributed by atoms with van der Waals surface area (Å²) in [6.07, 6.45) is 0. The molecule has 0 radical (unpaired) electrons. The maximum Gasteiger partial charge on any atom is 0.0934 e. The molecule has 86 valence electrons. The molecule has 0 saturated heterocycles. The van der Waals surface area contributed by atoms with E-state index in [9.17, 15) is 0 Å². The van der Waals surface area contributed by atoms with Crippen LogP contribution in [0.1, 0.15) is 5.69 Å². The molecule has 0 aliphatic carbocycles. The summed E-state index contributed by atoms with van der Waals surface area (Å²) in [5, 5.41) is 8.66. The lowest BCUT2D eigenvalue weighted by molar-refractivity contribution is 0.182. The van der Waals surface area contributed by atoms with Crippen LogP contribution in [0.3, 0.4) is 0 Å². The van der Waals surface area contributed by atoms with Gasteiger partial charge in [-0.25, -0.2) is 0 Å². The van der Waals surface area contributed by atoms with Gasteiger partial charge in [-0.1, -0.05) is 0 Å². The number of nitrogens with zero attached hydrogens (tertiary/aromatic N) is 2. The molecule has 0 atom stereocenters. The molecule has 0 fully saturated rings. The second-order valence-electron chi connectivity index (χ2n) is 3.45. The van der Waals surface area contributed by atoms with E-state index in [2.05, 4.69) is 16.5 Å². The molecule has 0 aliphatic rings. The number of methoxy groups -OCH3 is 1. The average Bonchev–Trinajstić information content (AvgIpc) is 2.94. The summed E-state index contributed by atoms with van der Waals surface area (Å²) in [7, 11) is 1.69. The lowest BCUT2D eigenvalue weighted by Gasteiger charge is -2.03. The van der Waals surface area contributed by atoms with Crippen LogP contribution in [0.2, 0.25) is 0 Å². The predicted octanol–water partition coefficient (Wildman–Crippen LogP) is 1.72. The van der Waals surface area contributed by atoms with Gasteiger partial charge in [0.05, 0.1) is 24.5 Å². The van der Waals surface area contributed by atoms with Crippen molar-refractivity contribution >= 4 is 11.3 Å². The molecule has 0 amide bonds. The van der Waals surface area contributed by atoms with Gasteiger partial charge in [0.2, 0.25) is 0 Å². The van der Waals surface area contributed by atoms with Crippen molar-refractivity contribution in [2.75, 3.05) is 13.7 Å². The molecule has 2 rings (SSSR count). The maximum absolute atomic E-state index is 5.69. The Morgan fingerprint density at radius 1 is 1.56 bits per heavy atom. The highest BCUT2D eigenvalue weighted by Crippen LogP contribution is 2.21.